The summed E-state index contributed by atoms with van der Waals surface area (Å²) >= 11 is 6.37. The van der Waals surface area contributed by atoms with Crippen molar-refractivity contribution in [2.24, 2.45) is 5.73 Å². The molecule has 9 heteroatoms. The molecule has 0 spiro atoms. The molecule has 1 aliphatic heterocycles. The van der Waals surface area contributed by atoms with Gasteiger partial charge in [-0.05, 0) is 24.3 Å². The average molecular weight is 413 g/mol. The molecule has 3 aromatic rings. The molecule has 148 valence electrons. The Bertz CT molecular complexity index is 1130. The number of halogens is 1. The fourth-order valence-electron chi connectivity index (χ4n) is 3.20. The minimum Gasteiger partial charge on any atom is -0.496 e. The summed E-state index contributed by atoms with van der Waals surface area (Å²) in [6, 6.07) is 9.78. The Morgan fingerprint density at radius 3 is 2.72 bits per heavy atom. The lowest BCUT2D eigenvalue weighted by Crippen LogP contribution is -2.27. The molecular formula is C20H17ClN4O4. The molecule has 3 amide bonds. The number of methoxy groups -OCH3 is 1. The number of nitrogens with zero attached hydrogens (tertiary/aromatic N) is 2. The van der Waals surface area contributed by atoms with Gasteiger partial charge in [0.1, 0.15) is 17.2 Å². The summed E-state index contributed by atoms with van der Waals surface area (Å²) in [5, 5.41) is 3.72. The first-order chi connectivity index (χ1) is 14.0. The van der Waals surface area contributed by atoms with Crippen LogP contribution in [0.25, 0.3) is 10.9 Å². The van der Waals surface area contributed by atoms with Gasteiger partial charge in [-0.1, -0.05) is 11.6 Å². The molecule has 1 saturated heterocycles. The Balaban J connectivity index is 1.70. The number of hydrogen-bond acceptors (Lipinski definition) is 5. The average Bonchev–Trinajstić information content (AvgIpc) is 3.13. The minimum atomic E-state index is -0.616. The third-order valence-electron chi connectivity index (χ3n) is 4.58. The van der Waals surface area contributed by atoms with Crippen LogP contribution in [0.2, 0.25) is 5.02 Å². The zero-order valence-electron chi connectivity index (χ0n) is 15.4. The van der Waals surface area contributed by atoms with Crippen LogP contribution in [-0.4, -0.2) is 37.1 Å². The number of nitrogens with one attached hydrogen (secondary N) is 1. The van der Waals surface area contributed by atoms with Gasteiger partial charge in [-0.2, -0.15) is 0 Å². The Morgan fingerprint density at radius 1 is 1.24 bits per heavy atom. The highest BCUT2D eigenvalue weighted by molar-refractivity contribution is 6.34. The smallest absolute Gasteiger partial charge is 0.322 e. The summed E-state index contributed by atoms with van der Waals surface area (Å²) in [6.07, 6.45) is 1.59. The highest BCUT2D eigenvalue weighted by Gasteiger charge is 2.23. The molecule has 3 N–H and O–H groups in total. The van der Waals surface area contributed by atoms with Crippen LogP contribution in [0.1, 0.15) is 10.4 Å². The predicted octanol–water partition coefficient (Wildman–Crippen LogP) is 3.32. The molecule has 1 fully saturated rings. The van der Waals surface area contributed by atoms with Crippen LogP contribution in [0.15, 0.2) is 42.6 Å². The molecular weight excluding hydrogens is 396 g/mol. The number of anilines is 1. The lowest BCUT2D eigenvalue weighted by atomic mass is 10.1. The zero-order chi connectivity index (χ0) is 20.5. The van der Waals surface area contributed by atoms with E-state index in [-0.39, 0.29) is 11.6 Å². The van der Waals surface area contributed by atoms with Crippen LogP contribution in [0.5, 0.6) is 17.2 Å². The number of carbonyl (C=O) groups excluding carboxylic acids is 2. The molecule has 1 aliphatic rings. The van der Waals surface area contributed by atoms with Crippen LogP contribution >= 0.6 is 11.6 Å². The molecule has 0 unspecified atom stereocenters. The van der Waals surface area contributed by atoms with Crippen molar-refractivity contribution >= 4 is 40.1 Å². The highest BCUT2D eigenvalue weighted by Crippen LogP contribution is 2.36. The standard InChI is InChI=1S/C20H17ClN4O4/c1-28-18-10-15-12(9-13(18)19(22)26)17(4-5-23-15)29-11-2-3-16(14(21)8-11)25-7-6-24-20(25)27/h2-5,8-10H,6-7H2,1H3,(H2,22,26)(H,24,27). The van der Waals surface area contributed by atoms with E-state index in [0.717, 1.165) is 0 Å². The second-order valence-electron chi connectivity index (χ2n) is 6.34. The molecule has 0 radical (unpaired) electrons. The molecule has 8 nitrogen and oxygen atoms in total. The fourth-order valence-corrected chi connectivity index (χ4v) is 3.47. The highest BCUT2D eigenvalue weighted by atomic mass is 35.5. The first kappa shape index (κ1) is 18.8. The summed E-state index contributed by atoms with van der Waals surface area (Å²) < 4.78 is 11.2. The minimum absolute atomic E-state index is 0.186. The van der Waals surface area contributed by atoms with Crippen molar-refractivity contribution in [2.75, 3.05) is 25.1 Å². The molecule has 0 aliphatic carbocycles. The number of urea groups is 1. The normalized spacial score (nSPS) is 13.4. The van der Waals surface area contributed by atoms with Gasteiger partial charge in [0.2, 0.25) is 0 Å². The Labute approximate surface area is 171 Å². The van der Waals surface area contributed by atoms with Crippen molar-refractivity contribution in [3.8, 4) is 17.2 Å². The third-order valence-corrected chi connectivity index (χ3v) is 4.89. The van der Waals surface area contributed by atoms with E-state index in [1.807, 2.05) is 0 Å². The largest absolute Gasteiger partial charge is 0.496 e. The van der Waals surface area contributed by atoms with E-state index in [1.165, 1.54) is 7.11 Å². The fraction of sp³-hybridized carbons (Fsp3) is 0.150. The molecule has 0 atom stereocenters. The van der Waals surface area contributed by atoms with Crippen LogP contribution in [0.3, 0.4) is 0 Å². The number of primary amides is 1. The van der Waals surface area contributed by atoms with Crippen molar-refractivity contribution in [2.45, 2.75) is 0 Å². The Morgan fingerprint density at radius 2 is 2.07 bits per heavy atom. The van der Waals surface area contributed by atoms with E-state index >= 15 is 0 Å². The number of benzene rings is 2. The lowest BCUT2D eigenvalue weighted by molar-refractivity contribution is 0.0997. The molecule has 2 aromatic carbocycles. The number of carbonyl (C=O) groups is 2. The number of aromatic nitrogens is 1. The van der Waals surface area contributed by atoms with Gasteiger partial charge in [-0.3, -0.25) is 14.7 Å². The summed E-state index contributed by atoms with van der Waals surface area (Å²) in [6.45, 7) is 1.12. The van der Waals surface area contributed by atoms with Gasteiger partial charge in [0.25, 0.3) is 5.91 Å². The number of hydrogen-bond donors (Lipinski definition) is 2. The van der Waals surface area contributed by atoms with Crippen LogP contribution < -0.4 is 25.4 Å². The number of nitrogens with two attached hydrogens (primary N) is 1. The molecule has 29 heavy (non-hydrogen) atoms. The van der Waals surface area contributed by atoms with E-state index < -0.39 is 5.91 Å². The zero-order valence-corrected chi connectivity index (χ0v) is 16.2. The SMILES string of the molecule is COc1cc2nccc(Oc3ccc(N4CCNC4=O)c(Cl)c3)c2cc1C(N)=O. The van der Waals surface area contributed by atoms with E-state index in [9.17, 15) is 9.59 Å². The number of ether oxygens (including phenoxy) is 2. The maximum absolute atomic E-state index is 11.9. The van der Waals surface area contributed by atoms with E-state index in [2.05, 4.69) is 10.3 Å². The lowest BCUT2D eigenvalue weighted by Gasteiger charge is -2.17. The van der Waals surface area contributed by atoms with Gasteiger partial charge in [0.05, 0.1) is 28.9 Å². The Kier molecular flexibility index (Phi) is 4.85. The van der Waals surface area contributed by atoms with Gasteiger partial charge in [0, 0.05) is 36.8 Å². The van der Waals surface area contributed by atoms with Gasteiger partial charge in [0.15, 0.2) is 0 Å². The molecule has 0 saturated carbocycles. The number of pyridine rings is 1. The first-order valence-electron chi connectivity index (χ1n) is 8.77. The van der Waals surface area contributed by atoms with Crippen molar-refractivity contribution in [1.29, 1.82) is 0 Å². The molecule has 2 heterocycles. The van der Waals surface area contributed by atoms with Crippen molar-refractivity contribution in [3.63, 3.8) is 0 Å². The molecule has 1 aromatic heterocycles. The summed E-state index contributed by atoms with van der Waals surface area (Å²) in [5.74, 6) is 0.672. The maximum Gasteiger partial charge on any atom is 0.322 e. The quantitative estimate of drug-likeness (QED) is 0.668. The van der Waals surface area contributed by atoms with Crippen LogP contribution in [-0.2, 0) is 0 Å². The number of rotatable bonds is 5. The van der Waals surface area contributed by atoms with Crippen molar-refractivity contribution < 1.29 is 19.1 Å². The number of amides is 3. The van der Waals surface area contributed by atoms with Gasteiger partial charge >= 0.3 is 6.03 Å². The predicted molar refractivity (Wildman–Crippen MR) is 109 cm³/mol. The first-order valence-corrected chi connectivity index (χ1v) is 9.15. The third kappa shape index (κ3) is 3.50. The summed E-state index contributed by atoms with van der Waals surface area (Å²) in [7, 11) is 1.46. The monoisotopic (exact) mass is 412 g/mol. The van der Waals surface area contributed by atoms with Crippen LogP contribution in [0, 0.1) is 0 Å². The summed E-state index contributed by atoms with van der Waals surface area (Å²) in [4.78, 5) is 29.5. The van der Waals surface area contributed by atoms with Crippen LogP contribution in [0.4, 0.5) is 10.5 Å². The van der Waals surface area contributed by atoms with E-state index in [1.54, 1.807) is 47.5 Å². The van der Waals surface area contributed by atoms with Crippen molar-refractivity contribution in [3.05, 3.63) is 53.2 Å². The van der Waals surface area contributed by atoms with Gasteiger partial charge in [-0.15, -0.1) is 0 Å². The topological polar surface area (TPSA) is 107 Å². The Hall–Kier alpha value is -3.52. The molecule has 4 rings (SSSR count). The van der Waals surface area contributed by atoms with Crippen molar-refractivity contribution in [1.82, 2.24) is 10.3 Å². The maximum atomic E-state index is 11.9. The molecule has 0 bridgehead atoms. The van der Waals surface area contributed by atoms with Gasteiger partial charge in [-0.25, -0.2) is 4.79 Å². The second-order valence-corrected chi connectivity index (χ2v) is 6.75. The number of fused-ring (bicyclic) bond motifs is 1. The second kappa shape index (κ2) is 7.48. The van der Waals surface area contributed by atoms with E-state index in [0.29, 0.717) is 52.0 Å². The van der Waals surface area contributed by atoms with Gasteiger partial charge < -0.3 is 20.5 Å². The summed E-state index contributed by atoms with van der Waals surface area (Å²) in [5.41, 5.74) is 6.87. The van der Waals surface area contributed by atoms with E-state index in [4.69, 9.17) is 26.8 Å².